The van der Waals surface area contributed by atoms with E-state index in [2.05, 4.69) is 17.2 Å². The van der Waals surface area contributed by atoms with Crippen LogP contribution in [0.15, 0.2) is 36.5 Å². The summed E-state index contributed by atoms with van der Waals surface area (Å²) in [5.41, 5.74) is 7.92. The van der Waals surface area contributed by atoms with E-state index in [9.17, 15) is 4.79 Å². The second kappa shape index (κ2) is 7.09. The maximum atomic E-state index is 12.1. The Morgan fingerprint density at radius 2 is 2.05 bits per heavy atom. The Labute approximate surface area is 129 Å². The van der Waals surface area contributed by atoms with Crippen LogP contribution >= 0.6 is 11.6 Å². The Morgan fingerprint density at radius 1 is 1.33 bits per heavy atom. The van der Waals surface area contributed by atoms with Crippen molar-refractivity contribution in [1.82, 2.24) is 4.98 Å². The SMILES string of the molecule is CCCCc1ccc(NC(=O)c2cnc(N)c(Cl)c2)cc1. The van der Waals surface area contributed by atoms with Gasteiger partial charge in [-0.2, -0.15) is 0 Å². The van der Waals surface area contributed by atoms with Gasteiger partial charge >= 0.3 is 0 Å². The molecule has 0 spiro atoms. The van der Waals surface area contributed by atoms with Gasteiger partial charge in [-0.05, 0) is 36.6 Å². The van der Waals surface area contributed by atoms with E-state index in [4.69, 9.17) is 17.3 Å². The number of benzene rings is 1. The monoisotopic (exact) mass is 303 g/mol. The number of aryl methyl sites for hydroxylation is 1. The van der Waals surface area contributed by atoms with Crippen LogP contribution in [0.4, 0.5) is 11.5 Å². The number of rotatable bonds is 5. The van der Waals surface area contributed by atoms with Crippen molar-refractivity contribution in [2.75, 3.05) is 11.1 Å². The molecule has 0 aliphatic heterocycles. The predicted molar refractivity (Wildman–Crippen MR) is 86.7 cm³/mol. The molecule has 0 aliphatic carbocycles. The fourth-order valence-corrected chi connectivity index (χ4v) is 2.08. The molecule has 0 bridgehead atoms. The lowest BCUT2D eigenvalue weighted by Crippen LogP contribution is -2.12. The number of carbonyl (C=O) groups excluding carboxylic acids is 1. The third kappa shape index (κ3) is 4.20. The van der Waals surface area contributed by atoms with Crippen LogP contribution in [0.25, 0.3) is 0 Å². The molecule has 1 amide bonds. The summed E-state index contributed by atoms with van der Waals surface area (Å²) in [6, 6.07) is 9.36. The fraction of sp³-hybridized carbons (Fsp3) is 0.250. The summed E-state index contributed by atoms with van der Waals surface area (Å²) in [5, 5.41) is 3.09. The zero-order valence-corrected chi connectivity index (χ0v) is 12.7. The number of amides is 1. The van der Waals surface area contributed by atoms with E-state index in [0.717, 1.165) is 12.1 Å². The molecule has 110 valence electrons. The van der Waals surface area contributed by atoms with Crippen molar-refractivity contribution >= 4 is 29.0 Å². The van der Waals surface area contributed by atoms with Crippen LogP contribution in [-0.2, 0) is 6.42 Å². The minimum atomic E-state index is -0.259. The Kier molecular flexibility index (Phi) is 5.17. The predicted octanol–water partition coefficient (Wildman–Crippen LogP) is 3.91. The van der Waals surface area contributed by atoms with Gasteiger partial charge in [-0.3, -0.25) is 4.79 Å². The molecule has 0 aliphatic rings. The number of anilines is 2. The van der Waals surface area contributed by atoms with E-state index in [0.29, 0.717) is 5.56 Å². The van der Waals surface area contributed by atoms with Crippen LogP contribution in [-0.4, -0.2) is 10.9 Å². The van der Waals surface area contributed by atoms with E-state index in [1.165, 1.54) is 30.7 Å². The number of halogens is 1. The molecule has 0 saturated heterocycles. The van der Waals surface area contributed by atoms with Gasteiger partial charge in [0.25, 0.3) is 5.91 Å². The molecule has 0 fully saturated rings. The van der Waals surface area contributed by atoms with Crippen molar-refractivity contribution in [3.8, 4) is 0 Å². The van der Waals surface area contributed by atoms with Crippen LogP contribution in [0.5, 0.6) is 0 Å². The van der Waals surface area contributed by atoms with Crippen LogP contribution in [0.1, 0.15) is 35.7 Å². The normalized spacial score (nSPS) is 10.4. The van der Waals surface area contributed by atoms with E-state index in [-0.39, 0.29) is 16.7 Å². The highest BCUT2D eigenvalue weighted by atomic mass is 35.5. The average Bonchev–Trinajstić information content (AvgIpc) is 2.49. The minimum Gasteiger partial charge on any atom is -0.382 e. The number of aromatic nitrogens is 1. The summed E-state index contributed by atoms with van der Waals surface area (Å²) in [4.78, 5) is 16.0. The standard InChI is InChI=1S/C16H18ClN3O/c1-2-3-4-11-5-7-13(8-6-11)20-16(21)12-9-14(17)15(18)19-10-12/h5-10H,2-4H2,1H3,(H2,18,19)(H,20,21). The molecule has 3 N–H and O–H groups in total. The van der Waals surface area contributed by atoms with Crippen LogP contribution in [0, 0.1) is 0 Å². The number of carbonyl (C=O) groups is 1. The molecule has 1 heterocycles. The number of pyridine rings is 1. The first-order valence-corrected chi connectivity index (χ1v) is 7.29. The molecule has 0 radical (unpaired) electrons. The van der Waals surface area contributed by atoms with Gasteiger partial charge in [0, 0.05) is 11.9 Å². The van der Waals surface area contributed by atoms with Crippen molar-refractivity contribution in [3.63, 3.8) is 0 Å². The number of hydrogen-bond donors (Lipinski definition) is 2. The Hall–Kier alpha value is -2.07. The van der Waals surface area contributed by atoms with Gasteiger partial charge in [-0.1, -0.05) is 37.1 Å². The van der Waals surface area contributed by atoms with Gasteiger partial charge in [0.05, 0.1) is 10.6 Å². The summed E-state index contributed by atoms with van der Waals surface area (Å²) in [6.45, 7) is 2.17. The first-order chi connectivity index (χ1) is 10.1. The topological polar surface area (TPSA) is 68.0 Å². The maximum absolute atomic E-state index is 12.1. The third-order valence-electron chi connectivity index (χ3n) is 3.16. The highest BCUT2D eigenvalue weighted by Gasteiger charge is 2.09. The van der Waals surface area contributed by atoms with E-state index >= 15 is 0 Å². The van der Waals surface area contributed by atoms with Gasteiger partial charge in [0.2, 0.25) is 0 Å². The molecular formula is C16H18ClN3O. The highest BCUT2D eigenvalue weighted by Crippen LogP contribution is 2.18. The molecular weight excluding hydrogens is 286 g/mol. The number of nitrogens with zero attached hydrogens (tertiary/aromatic N) is 1. The van der Waals surface area contributed by atoms with Crippen molar-refractivity contribution in [3.05, 3.63) is 52.7 Å². The Balaban J connectivity index is 2.03. The second-order valence-electron chi connectivity index (χ2n) is 4.85. The molecule has 0 unspecified atom stereocenters. The second-order valence-corrected chi connectivity index (χ2v) is 5.25. The first kappa shape index (κ1) is 15.3. The van der Waals surface area contributed by atoms with Crippen LogP contribution in [0.3, 0.4) is 0 Å². The van der Waals surface area contributed by atoms with Crippen molar-refractivity contribution in [2.24, 2.45) is 0 Å². The molecule has 0 atom stereocenters. The van der Waals surface area contributed by atoms with Gasteiger partial charge in [-0.15, -0.1) is 0 Å². The van der Waals surface area contributed by atoms with Gasteiger partial charge in [0.1, 0.15) is 5.82 Å². The number of nitrogens with one attached hydrogen (secondary N) is 1. The number of unbranched alkanes of at least 4 members (excludes halogenated alkanes) is 1. The Morgan fingerprint density at radius 3 is 2.67 bits per heavy atom. The largest absolute Gasteiger partial charge is 0.382 e. The Bertz CT molecular complexity index is 626. The molecule has 4 nitrogen and oxygen atoms in total. The maximum Gasteiger partial charge on any atom is 0.257 e. The number of nitrogen functional groups attached to an aromatic ring is 1. The third-order valence-corrected chi connectivity index (χ3v) is 3.47. The molecule has 1 aromatic carbocycles. The van der Waals surface area contributed by atoms with Gasteiger partial charge in [0.15, 0.2) is 0 Å². The van der Waals surface area contributed by atoms with E-state index in [1.807, 2.05) is 24.3 Å². The molecule has 5 heteroatoms. The lowest BCUT2D eigenvalue weighted by Gasteiger charge is -2.07. The highest BCUT2D eigenvalue weighted by molar-refractivity contribution is 6.33. The summed E-state index contributed by atoms with van der Waals surface area (Å²) in [7, 11) is 0. The molecule has 0 saturated carbocycles. The summed E-state index contributed by atoms with van der Waals surface area (Å²) < 4.78 is 0. The number of hydrogen-bond acceptors (Lipinski definition) is 3. The molecule has 2 aromatic rings. The zero-order chi connectivity index (χ0) is 15.2. The van der Waals surface area contributed by atoms with Crippen molar-refractivity contribution in [1.29, 1.82) is 0 Å². The molecule has 2 rings (SSSR count). The van der Waals surface area contributed by atoms with Crippen LogP contribution in [0.2, 0.25) is 5.02 Å². The zero-order valence-electron chi connectivity index (χ0n) is 11.9. The van der Waals surface area contributed by atoms with Crippen molar-refractivity contribution < 1.29 is 4.79 Å². The number of nitrogens with two attached hydrogens (primary N) is 1. The van der Waals surface area contributed by atoms with Gasteiger partial charge in [-0.25, -0.2) is 4.98 Å². The average molecular weight is 304 g/mol. The minimum absolute atomic E-state index is 0.216. The van der Waals surface area contributed by atoms with Crippen molar-refractivity contribution in [2.45, 2.75) is 26.2 Å². The fourth-order valence-electron chi connectivity index (χ4n) is 1.91. The summed E-state index contributed by atoms with van der Waals surface area (Å²) in [5.74, 6) is -0.0424. The lowest BCUT2D eigenvalue weighted by atomic mass is 10.1. The van der Waals surface area contributed by atoms with Crippen LogP contribution < -0.4 is 11.1 Å². The first-order valence-electron chi connectivity index (χ1n) is 6.91. The molecule has 1 aromatic heterocycles. The summed E-state index contributed by atoms with van der Waals surface area (Å²) >= 11 is 5.86. The van der Waals surface area contributed by atoms with E-state index in [1.54, 1.807) is 0 Å². The van der Waals surface area contributed by atoms with E-state index < -0.39 is 0 Å². The smallest absolute Gasteiger partial charge is 0.257 e. The summed E-state index contributed by atoms with van der Waals surface area (Å²) in [6.07, 6.45) is 4.80. The van der Waals surface area contributed by atoms with Gasteiger partial charge < -0.3 is 11.1 Å². The lowest BCUT2D eigenvalue weighted by molar-refractivity contribution is 0.102. The molecule has 21 heavy (non-hydrogen) atoms. The quantitative estimate of drug-likeness (QED) is 0.880.